The van der Waals surface area contributed by atoms with Gasteiger partial charge in [-0.15, -0.1) is 0 Å². The summed E-state index contributed by atoms with van der Waals surface area (Å²) in [5, 5.41) is 5.11. The Bertz CT molecular complexity index is 1530. The number of thioether (sulfide) groups is 1. The van der Waals surface area contributed by atoms with Crippen molar-refractivity contribution < 1.29 is 9.21 Å². The molecule has 0 fully saturated rings. The van der Waals surface area contributed by atoms with E-state index in [1.54, 1.807) is 42.8 Å². The van der Waals surface area contributed by atoms with Crippen molar-refractivity contribution in [3.63, 3.8) is 0 Å². The standard InChI is InChI=1S/C24H17ClN4O3S/c25-15-8-9-18-21(12-15)28-24(29(23(18)31)13-16-4-3-11-32-16)33-14-22(30)27-20-7-1-6-19-17(20)5-2-10-26-19/h1-12H,13-14H2,(H,27,30). The summed E-state index contributed by atoms with van der Waals surface area (Å²) in [4.78, 5) is 34.9. The van der Waals surface area contributed by atoms with Crippen molar-refractivity contribution in [1.29, 1.82) is 0 Å². The Hall–Kier alpha value is -3.62. The van der Waals surface area contributed by atoms with E-state index >= 15 is 0 Å². The minimum atomic E-state index is -0.226. The summed E-state index contributed by atoms with van der Waals surface area (Å²) in [5.74, 6) is 0.455. The molecule has 33 heavy (non-hydrogen) atoms. The number of aromatic nitrogens is 3. The van der Waals surface area contributed by atoms with Gasteiger partial charge in [-0.05, 0) is 54.6 Å². The van der Waals surface area contributed by atoms with Crippen LogP contribution in [0, 0.1) is 0 Å². The zero-order valence-corrected chi connectivity index (χ0v) is 18.8. The number of rotatable bonds is 6. The number of anilines is 1. The Kier molecular flexibility index (Phi) is 5.85. The van der Waals surface area contributed by atoms with Gasteiger partial charge in [-0.3, -0.25) is 19.1 Å². The number of halogens is 1. The van der Waals surface area contributed by atoms with E-state index in [9.17, 15) is 9.59 Å². The lowest BCUT2D eigenvalue weighted by Gasteiger charge is -2.13. The van der Waals surface area contributed by atoms with Crippen LogP contribution in [0.2, 0.25) is 5.02 Å². The molecule has 3 heterocycles. The van der Waals surface area contributed by atoms with Crippen LogP contribution >= 0.6 is 23.4 Å². The molecule has 0 saturated carbocycles. The molecule has 0 atom stereocenters. The number of hydrogen-bond donors (Lipinski definition) is 1. The van der Waals surface area contributed by atoms with Crippen molar-refractivity contribution in [2.45, 2.75) is 11.7 Å². The average molecular weight is 477 g/mol. The van der Waals surface area contributed by atoms with Gasteiger partial charge < -0.3 is 9.73 Å². The fourth-order valence-corrected chi connectivity index (χ4v) is 4.48. The van der Waals surface area contributed by atoms with Gasteiger partial charge in [0.25, 0.3) is 5.56 Å². The van der Waals surface area contributed by atoms with Gasteiger partial charge in [-0.2, -0.15) is 0 Å². The molecule has 5 aromatic rings. The second-order valence-corrected chi connectivity index (χ2v) is 8.62. The van der Waals surface area contributed by atoms with Gasteiger partial charge in [0, 0.05) is 16.6 Å². The lowest BCUT2D eigenvalue weighted by Crippen LogP contribution is -2.24. The number of carbonyl (C=O) groups excluding carboxylic acids is 1. The summed E-state index contributed by atoms with van der Waals surface area (Å²) in [6.07, 6.45) is 3.26. The first kappa shape index (κ1) is 21.2. The second kappa shape index (κ2) is 9.09. The largest absolute Gasteiger partial charge is 0.467 e. The number of benzene rings is 2. The van der Waals surface area contributed by atoms with Gasteiger partial charge in [0.15, 0.2) is 5.16 Å². The van der Waals surface area contributed by atoms with Crippen molar-refractivity contribution in [2.75, 3.05) is 11.1 Å². The molecule has 3 aromatic heterocycles. The number of carbonyl (C=O) groups is 1. The zero-order valence-electron chi connectivity index (χ0n) is 17.2. The maximum Gasteiger partial charge on any atom is 0.262 e. The van der Waals surface area contributed by atoms with Crippen molar-refractivity contribution in [1.82, 2.24) is 14.5 Å². The monoisotopic (exact) mass is 476 g/mol. The van der Waals surface area contributed by atoms with E-state index in [0.717, 1.165) is 10.9 Å². The molecule has 0 aliphatic carbocycles. The molecular weight excluding hydrogens is 460 g/mol. The van der Waals surface area contributed by atoms with E-state index in [-0.39, 0.29) is 23.8 Å². The summed E-state index contributed by atoms with van der Waals surface area (Å²) in [5.41, 5.74) is 1.73. The highest BCUT2D eigenvalue weighted by atomic mass is 35.5. The molecule has 0 unspecified atom stereocenters. The number of amides is 1. The first-order chi connectivity index (χ1) is 16.1. The third-order valence-electron chi connectivity index (χ3n) is 5.03. The lowest BCUT2D eigenvalue weighted by atomic mass is 10.2. The molecule has 2 aromatic carbocycles. The summed E-state index contributed by atoms with van der Waals surface area (Å²) in [6, 6.07) is 17.8. The molecular formula is C24H17ClN4O3S. The van der Waals surface area contributed by atoms with E-state index in [1.165, 1.54) is 16.3 Å². The summed E-state index contributed by atoms with van der Waals surface area (Å²) in [6.45, 7) is 0.205. The second-order valence-electron chi connectivity index (χ2n) is 7.24. The van der Waals surface area contributed by atoms with E-state index in [4.69, 9.17) is 16.0 Å². The maximum atomic E-state index is 13.2. The Morgan fingerprint density at radius 3 is 2.82 bits per heavy atom. The van der Waals surface area contributed by atoms with Crippen LogP contribution in [0.25, 0.3) is 21.8 Å². The molecule has 0 aliphatic rings. The Labute approximate surface area is 197 Å². The molecule has 0 radical (unpaired) electrons. The van der Waals surface area contributed by atoms with E-state index in [0.29, 0.717) is 32.5 Å². The molecule has 0 bridgehead atoms. The molecule has 164 valence electrons. The Balaban J connectivity index is 1.43. The molecule has 7 nitrogen and oxygen atoms in total. The number of hydrogen-bond acceptors (Lipinski definition) is 6. The minimum Gasteiger partial charge on any atom is -0.467 e. The normalized spacial score (nSPS) is 11.2. The summed E-state index contributed by atoms with van der Waals surface area (Å²) < 4.78 is 6.93. The Morgan fingerprint density at radius 1 is 1.06 bits per heavy atom. The van der Waals surface area contributed by atoms with Crippen LogP contribution in [0.5, 0.6) is 0 Å². The summed E-state index contributed by atoms with van der Waals surface area (Å²) >= 11 is 7.28. The van der Waals surface area contributed by atoms with Gasteiger partial charge in [0.05, 0.1) is 40.7 Å². The van der Waals surface area contributed by atoms with Crippen LogP contribution in [0.15, 0.2) is 87.5 Å². The number of fused-ring (bicyclic) bond motifs is 2. The summed E-state index contributed by atoms with van der Waals surface area (Å²) in [7, 11) is 0. The fraction of sp³-hybridized carbons (Fsp3) is 0.0833. The van der Waals surface area contributed by atoms with Gasteiger partial charge in [0.1, 0.15) is 5.76 Å². The predicted octanol–water partition coefficient (Wildman–Crippen LogP) is 4.97. The smallest absolute Gasteiger partial charge is 0.262 e. The van der Waals surface area contributed by atoms with E-state index < -0.39 is 0 Å². The third kappa shape index (κ3) is 4.48. The first-order valence-electron chi connectivity index (χ1n) is 10.1. The first-order valence-corrected chi connectivity index (χ1v) is 11.4. The molecule has 0 aliphatic heterocycles. The topological polar surface area (TPSA) is 90.0 Å². The van der Waals surface area contributed by atoms with Gasteiger partial charge in [0.2, 0.25) is 5.91 Å². The van der Waals surface area contributed by atoms with Crippen LogP contribution in [-0.2, 0) is 11.3 Å². The fourth-order valence-electron chi connectivity index (χ4n) is 3.51. The molecule has 9 heteroatoms. The van der Waals surface area contributed by atoms with Crippen LogP contribution < -0.4 is 10.9 Å². The molecule has 1 amide bonds. The van der Waals surface area contributed by atoms with E-state index in [1.807, 2.05) is 30.3 Å². The third-order valence-corrected chi connectivity index (χ3v) is 6.24. The quantitative estimate of drug-likeness (QED) is 0.275. The van der Waals surface area contributed by atoms with Crippen LogP contribution in [0.4, 0.5) is 5.69 Å². The number of nitrogens with zero attached hydrogens (tertiary/aromatic N) is 3. The van der Waals surface area contributed by atoms with Crippen molar-refractivity contribution in [2.24, 2.45) is 0 Å². The van der Waals surface area contributed by atoms with Crippen molar-refractivity contribution in [3.05, 3.63) is 94.3 Å². The molecule has 0 saturated heterocycles. The number of nitrogens with one attached hydrogen (secondary N) is 1. The number of furan rings is 1. The lowest BCUT2D eigenvalue weighted by molar-refractivity contribution is -0.113. The van der Waals surface area contributed by atoms with E-state index in [2.05, 4.69) is 15.3 Å². The van der Waals surface area contributed by atoms with Crippen LogP contribution in [-0.4, -0.2) is 26.2 Å². The molecule has 0 spiro atoms. The molecule has 1 N–H and O–H groups in total. The highest BCUT2D eigenvalue weighted by molar-refractivity contribution is 7.99. The Morgan fingerprint density at radius 2 is 1.97 bits per heavy atom. The SMILES string of the molecule is O=C(CSc1nc2cc(Cl)ccc2c(=O)n1Cc1ccco1)Nc1cccc2ncccc12. The van der Waals surface area contributed by atoms with Crippen LogP contribution in [0.3, 0.4) is 0 Å². The minimum absolute atomic E-state index is 0.0628. The molecule has 5 rings (SSSR count). The average Bonchev–Trinajstić information content (AvgIpc) is 3.33. The highest BCUT2D eigenvalue weighted by Crippen LogP contribution is 2.24. The van der Waals surface area contributed by atoms with Gasteiger partial charge >= 0.3 is 0 Å². The van der Waals surface area contributed by atoms with Crippen LogP contribution in [0.1, 0.15) is 5.76 Å². The zero-order chi connectivity index (χ0) is 22.8. The maximum absolute atomic E-state index is 13.2. The predicted molar refractivity (Wildman–Crippen MR) is 130 cm³/mol. The van der Waals surface area contributed by atoms with Crippen molar-refractivity contribution in [3.8, 4) is 0 Å². The number of pyridine rings is 1. The van der Waals surface area contributed by atoms with Gasteiger partial charge in [-0.1, -0.05) is 29.4 Å². The van der Waals surface area contributed by atoms with Gasteiger partial charge in [-0.25, -0.2) is 4.98 Å². The highest BCUT2D eigenvalue weighted by Gasteiger charge is 2.15. The van der Waals surface area contributed by atoms with Crippen molar-refractivity contribution >= 4 is 56.8 Å².